The largest absolute Gasteiger partial charge is 0.322 e. The first-order valence-corrected chi connectivity index (χ1v) is 7.60. The number of hydrogen-bond donors (Lipinski definition) is 1. The topological polar surface area (TPSA) is 72.7 Å². The number of carbonyl (C=O) groups excluding carboxylic acids is 1. The van der Waals surface area contributed by atoms with Gasteiger partial charge in [-0.05, 0) is 33.8 Å². The summed E-state index contributed by atoms with van der Waals surface area (Å²) in [7, 11) is 1.86. The number of aryl methyl sites for hydroxylation is 4. The van der Waals surface area contributed by atoms with Crippen LogP contribution in [0.3, 0.4) is 0 Å². The van der Waals surface area contributed by atoms with Crippen LogP contribution in [0.4, 0.5) is 5.69 Å². The zero-order valence-electron chi connectivity index (χ0n) is 12.9. The van der Waals surface area contributed by atoms with Crippen molar-refractivity contribution in [2.75, 3.05) is 11.1 Å². The van der Waals surface area contributed by atoms with Crippen LogP contribution in [0.25, 0.3) is 0 Å². The standard InChI is InChI=1S/C14H19N5OS/c1-8-6-9(2)16-14(15-8)21-7-12(20)17-13-10(3)18-19(5)11(13)4/h6H,7H2,1-5H3,(H,17,20). The van der Waals surface area contributed by atoms with Gasteiger partial charge < -0.3 is 5.32 Å². The number of nitrogens with zero attached hydrogens (tertiary/aromatic N) is 4. The fourth-order valence-corrected chi connectivity index (χ4v) is 2.77. The van der Waals surface area contributed by atoms with E-state index in [1.165, 1.54) is 11.8 Å². The third kappa shape index (κ3) is 3.81. The molecular formula is C14H19N5OS. The maximum Gasteiger partial charge on any atom is 0.234 e. The molecule has 0 unspecified atom stereocenters. The first-order valence-electron chi connectivity index (χ1n) is 6.62. The molecule has 2 rings (SSSR count). The first kappa shape index (κ1) is 15.5. The average Bonchev–Trinajstić information content (AvgIpc) is 2.62. The summed E-state index contributed by atoms with van der Waals surface area (Å²) in [4.78, 5) is 20.7. The van der Waals surface area contributed by atoms with Crippen molar-refractivity contribution in [3.05, 3.63) is 28.8 Å². The van der Waals surface area contributed by atoms with E-state index in [4.69, 9.17) is 0 Å². The van der Waals surface area contributed by atoms with Gasteiger partial charge in [-0.1, -0.05) is 11.8 Å². The van der Waals surface area contributed by atoms with E-state index in [2.05, 4.69) is 20.4 Å². The number of hydrogen-bond acceptors (Lipinski definition) is 5. The zero-order chi connectivity index (χ0) is 15.6. The highest BCUT2D eigenvalue weighted by Crippen LogP contribution is 2.19. The highest BCUT2D eigenvalue weighted by molar-refractivity contribution is 7.99. The van der Waals surface area contributed by atoms with Crippen molar-refractivity contribution in [2.24, 2.45) is 7.05 Å². The molecule has 0 bridgehead atoms. The van der Waals surface area contributed by atoms with Crippen LogP contribution in [0.1, 0.15) is 22.8 Å². The van der Waals surface area contributed by atoms with Crippen LogP contribution in [0, 0.1) is 27.7 Å². The second-order valence-corrected chi connectivity index (χ2v) is 5.88. The molecule has 2 aromatic rings. The number of carbonyl (C=O) groups is 1. The minimum atomic E-state index is -0.0815. The van der Waals surface area contributed by atoms with Crippen LogP contribution in [-0.4, -0.2) is 31.4 Å². The molecule has 21 heavy (non-hydrogen) atoms. The van der Waals surface area contributed by atoms with Crippen molar-refractivity contribution < 1.29 is 4.79 Å². The number of amides is 1. The average molecular weight is 305 g/mol. The fraction of sp³-hybridized carbons (Fsp3) is 0.429. The summed E-state index contributed by atoms with van der Waals surface area (Å²) >= 11 is 1.33. The van der Waals surface area contributed by atoms with Crippen molar-refractivity contribution in [1.29, 1.82) is 0 Å². The van der Waals surface area contributed by atoms with Crippen LogP contribution in [0.5, 0.6) is 0 Å². The lowest BCUT2D eigenvalue weighted by Crippen LogP contribution is -2.15. The molecule has 0 aliphatic carbocycles. The fourth-order valence-electron chi connectivity index (χ4n) is 2.02. The monoisotopic (exact) mass is 305 g/mol. The van der Waals surface area contributed by atoms with E-state index in [-0.39, 0.29) is 11.7 Å². The van der Waals surface area contributed by atoms with Gasteiger partial charge in [0, 0.05) is 18.4 Å². The summed E-state index contributed by atoms with van der Waals surface area (Å²) < 4.78 is 1.76. The summed E-state index contributed by atoms with van der Waals surface area (Å²) in [6.45, 7) is 7.64. The molecule has 0 saturated carbocycles. The molecule has 0 saturated heterocycles. The summed E-state index contributed by atoms with van der Waals surface area (Å²) in [6.07, 6.45) is 0. The minimum Gasteiger partial charge on any atom is -0.322 e. The molecule has 0 fully saturated rings. The van der Waals surface area contributed by atoms with Crippen molar-refractivity contribution in [2.45, 2.75) is 32.9 Å². The predicted octanol–water partition coefficient (Wildman–Crippen LogP) is 2.17. The zero-order valence-corrected chi connectivity index (χ0v) is 13.7. The molecule has 6 nitrogen and oxygen atoms in total. The van der Waals surface area contributed by atoms with Gasteiger partial charge in [-0.3, -0.25) is 9.48 Å². The molecular weight excluding hydrogens is 286 g/mol. The predicted molar refractivity (Wildman–Crippen MR) is 83.5 cm³/mol. The first-order chi connectivity index (χ1) is 9.86. The van der Waals surface area contributed by atoms with E-state index in [1.54, 1.807) is 4.68 Å². The molecule has 7 heteroatoms. The number of rotatable bonds is 4. The Hall–Kier alpha value is -1.89. The number of thioether (sulfide) groups is 1. The van der Waals surface area contributed by atoms with Gasteiger partial charge in [0.1, 0.15) is 0 Å². The Kier molecular flexibility index (Phi) is 4.62. The molecule has 0 aliphatic heterocycles. The van der Waals surface area contributed by atoms with E-state index in [0.717, 1.165) is 28.5 Å². The Morgan fingerprint density at radius 1 is 1.24 bits per heavy atom. The molecule has 2 aromatic heterocycles. The Labute approximate surface area is 128 Å². The van der Waals surface area contributed by atoms with Crippen molar-refractivity contribution in [1.82, 2.24) is 19.7 Å². The summed E-state index contributed by atoms with van der Waals surface area (Å²) in [6, 6.07) is 1.91. The molecule has 0 radical (unpaired) electrons. The van der Waals surface area contributed by atoms with Crippen molar-refractivity contribution in [3.8, 4) is 0 Å². The van der Waals surface area contributed by atoms with Crippen LogP contribution in [0.2, 0.25) is 0 Å². The lowest BCUT2D eigenvalue weighted by Gasteiger charge is -2.06. The van der Waals surface area contributed by atoms with Gasteiger partial charge in [0.25, 0.3) is 0 Å². The molecule has 1 N–H and O–H groups in total. The van der Waals surface area contributed by atoms with Gasteiger partial charge in [0.2, 0.25) is 5.91 Å². The third-order valence-electron chi connectivity index (χ3n) is 3.07. The van der Waals surface area contributed by atoms with Gasteiger partial charge in [0.05, 0.1) is 22.8 Å². The van der Waals surface area contributed by atoms with E-state index in [0.29, 0.717) is 5.16 Å². The number of nitrogens with one attached hydrogen (secondary N) is 1. The molecule has 0 aliphatic rings. The van der Waals surface area contributed by atoms with E-state index in [9.17, 15) is 4.79 Å². The summed E-state index contributed by atoms with van der Waals surface area (Å²) in [5.41, 5.74) is 4.35. The Morgan fingerprint density at radius 2 is 1.86 bits per heavy atom. The quantitative estimate of drug-likeness (QED) is 0.692. The van der Waals surface area contributed by atoms with Crippen LogP contribution >= 0.6 is 11.8 Å². The molecule has 0 atom stereocenters. The normalized spacial score (nSPS) is 10.7. The van der Waals surface area contributed by atoms with Gasteiger partial charge in [0.15, 0.2) is 5.16 Å². The van der Waals surface area contributed by atoms with Crippen LogP contribution in [-0.2, 0) is 11.8 Å². The Bertz CT molecular complexity index is 660. The SMILES string of the molecule is Cc1cc(C)nc(SCC(=O)Nc2c(C)nn(C)c2C)n1. The van der Waals surface area contributed by atoms with E-state index in [1.807, 2.05) is 40.8 Å². The summed E-state index contributed by atoms with van der Waals surface area (Å²) in [5, 5.41) is 7.80. The van der Waals surface area contributed by atoms with Crippen molar-refractivity contribution in [3.63, 3.8) is 0 Å². The van der Waals surface area contributed by atoms with Gasteiger partial charge in [-0.2, -0.15) is 5.10 Å². The lowest BCUT2D eigenvalue weighted by molar-refractivity contribution is -0.113. The maximum atomic E-state index is 12.0. The number of aromatic nitrogens is 4. The summed E-state index contributed by atoms with van der Waals surface area (Å²) in [5.74, 6) is 0.193. The van der Waals surface area contributed by atoms with Crippen LogP contribution in [0.15, 0.2) is 11.2 Å². The third-order valence-corrected chi connectivity index (χ3v) is 3.91. The molecule has 112 valence electrons. The Morgan fingerprint density at radius 3 is 2.38 bits per heavy atom. The minimum absolute atomic E-state index is 0.0815. The lowest BCUT2D eigenvalue weighted by atomic mass is 10.3. The molecule has 1 amide bonds. The smallest absolute Gasteiger partial charge is 0.234 e. The second kappa shape index (κ2) is 6.26. The maximum absolute atomic E-state index is 12.0. The Balaban J connectivity index is 1.99. The highest BCUT2D eigenvalue weighted by atomic mass is 32.2. The van der Waals surface area contributed by atoms with Gasteiger partial charge in [-0.25, -0.2) is 9.97 Å². The van der Waals surface area contributed by atoms with Crippen LogP contribution < -0.4 is 5.32 Å². The van der Waals surface area contributed by atoms with Crippen molar-refractivity contribution >= 4 is 23.4 Å². The molecule has 0 spiro atoms. The van der Waals surface area contributed by atoms with Gasteiger partial charge in [-0.15, -0.1) is 0 Å². The molecule has 2 heterocycles. The van der Waals surface area contributed by atoms with Gasteiger partial charge >= 0.3 is 0 Å². The van der Waals surface area contributed by atoms with E-state index >= 15 is 0 Å². The second-order valence-electron chi connectivity index (χ2n) is 4.94. The van der Waals surface area contributed by atoms with E-state index < -0.39 is 0 Å². The molecule has 0 aromatic carbocycles. The number of anilines is 1. The highest BCUT2D eigenvalue weighted by Gasteiger charge is 2.13.